The molecule has 0 unspecified atom stereocenters. The number of ether oxygens (including phenoxy) is 1. The lowest BCUT2D eigenvalue weighted by atomic mass is 10.2. The van der Waals surface area contributed by atoms with E-state index in [4.69, 9.17) is 4.74 Å². The van der Waals surface area contributed by atoms with Crippen LogP contribution in [0.3, 0.4) is 0 Å². The van der Waals surface area contributed by atoms with E-state index in [1.807, 2.05) is 0 Å². The summed E-state index contributed by atoms with van der Waals surface area (Å²) in [6.45, 7) is 4.93. The van der Waals surface area contributed by atoms with E-state index in [-0.39, 0.29) is 18.4 Å². The van der Waals surface area contributed by atoms with Crippen LogP contribution in [-0.4, -0.2) is 30.1 Å². The minimum absolute atomic E-state index is 0.130. The van der Waals surface area contributed by atoms with Gasteiger partial charge in [-0.3, -0.25) is 10.1 Å². The Morgan fingerprint density at radius 3 is 2.81 bits per heavy atom. The van der Waals surface area contributed by atoms with Crippen molar-refractivity contribution in [3.05, 3.63) is 11.1 Å². The predicted molar refractivity (Wildman–Crippen MR) is 83.6 cm³/mol. The normalized spacial score (nSPS) is 10.2. The zero-order valence-electron chi connectivity index (χ0n) is 12.6. The van der Waals surface area contributed by atoms with E-state index in [1.54, 1.807) is 12.3 Å². The highest BCUT2D eigenvalue weighted by Gasteiger charge is 2.10. The predicted octanol–water partition coefficient (Wildman–Crippen LogP) is 2.95. The van der Waals surface area contributed by atoms with Crippen molar-refractivity contribution in [2.75, 3.05) is 18.5 Å². The summed E-state index contributed by atoms with van der Waals surface area (Å²) in [7, 11) is 0. The number of carbonyl (C=O) groups is 2. The zero-order valence-corrected chi connectivity index (χ0v) is 13.4. The lowest BCUT2D eigenvalue weighted by Gasteiger charge is -2.04. The number of hydrogen-bond donors (Lipinski definition) is 2. The molecule has 0 saturated carbocycles. The highest BCUT2D eigenvalue weighted by atomic mass is 32.1. The number of anilines is 1. The summed E-state index contributed by atoms with van der Waals surface area (Å²) in [5, 5.41) is 7.68. The number of carbonyl (C=O) groups excluding carboxylic acids is 2. The maximum Gasteiger partial charge on any atom is 0.321 e. The van der Waals surface area contributed by atoms with Gasteiger partial charge >= 0.3 is 12.0 Å². The Morgan fingerprint density at radius 1 is 1.29 bits per heavy atom. The molecule has 0 aliphatic heterocycles. The largest absolute Gasteiger partial charge is 0.466 e. The van der Waals surface area contributed by atoms with E-state index >= 15 is 0 Å². The van der Waals surface area contributed by atoms with Gasteiger partial charge in [-0.05, 0) is 13.3 Å². The monoisotopic (exact) mass is 313 g/mol. The van der Waals surface area contributed by atoms with Gasteiger partial charge in [0.2, 0.25) is 0 Å². The fourth-order valence-corrected chi connectivity index (χ4v) is 2.41. The molecule has 0 spiro atoms. The van der Waals surface area contributed by atoms with Crippen LogP contribution < -0.4 is 10.6 Å². The van der Waals surface area contributed by atoms with Gasteiger partial charge in [0.25, 0.3) is 0 Å². The third kappa shape index (κ3) is 7.65. The Morgan fingerprint density at radius 2 is 2.10 bits per heavy atom. The molecule has 118 valence electrons. The molecule has 0 bridgehead atoms. The van der Waals surface area contributed by atoms with Crippen LogP contribution in [0.5, 0.6) is 0 Å². The van der Waals surface area contributed by atoms with Crippen LogP contribution in [0.25, 0.3) is 0 Å². The van der Waals surface area contributed by atoms with E-state index in [1.165, 1.54) is 24.2 Å². The van der Waals surface area contributed by atoms with Gasteiger partial charge in [-0.1, -0.05) is 26.2 Å². The van der Waals surface area contributed by atoms with Crippen LogP contribution >= 0.6 is 11.3 Å². The van der Waals surface area contributed by atoms with Crippen molar-refractivity contribution in [1.82, 2.24) is 10.3 Å². The van der Waals surface area contributed by atoms with Crippen LogP contribution in [0, 0.1) is 0 Å². The molecule has 0 aromatic carbocycles. The SMILES string of the molecule is CCCCCCNC(=O)Nc1nc(CC(=O)OCC)cs1. The number of urea groups is 1. The van der Waals surface area contributed by atoms with E-state index < -0.39 is 0 Å². The molecule has 1 aromatic rings. The molecular weight excluding hydrogens is 290 g/mol. The maximum atomic E-state index is 11.6. The number of aromatic nitrogens is 1. The van der Waals surface area contributed by atoms with Gasteiger partial charge < -0.3 is 10.1 Å². The van der Waals surface area contributed by atoms with E-state index in [9.17, 15) is 9.59 Å². The summed E-state index contributed by atoms with van der Waals surface area (Å²) >= 11 is 1.29. The molecule has 7 heteroatoms. The van der Waals surface area contributed by atoms with Crippen LogP contribution in [0.1, 0.15) is 45.2 Å². The molecule has 0 fully saturated rings. The van der Waals surface area contributed by atoms with Crippen molar-refractivity contribution < 1.29 is 14.3 Å². The van der Waals surface area contributed by atoms with Gasteiger partial charge in [-0.25, -0.2) is 9.78 Å². The van der Waals surface area contributed by atoms with E-state index in [0.29, 0.717) is 24.0 Å². The quantitative estimate of drug-likeness (QED) is 0.542. The summed E-state index contributed by atoms with van der Waals surface area (Å²) in [6, 6.07) is -0.261. The maximum absolute atomic E-state index is 11.6. The molecule has 0 radical (unpaired) electrons. The third-order valence-electron chi connectivity index (χ3n) is 2.72. The Labute approximate surface area is 129 Å². The molecule has 21 heavy (non-hydrogen) atoms. The molecule has 0 saturated heterocycles. The number of esters is 1. The van der Waals surface area contributed by atoms with Crippen molar-refractivity contribution in [3.63, 3.8) is 0 Å². The summed E-state index contributed by atoms with van der Waals surface area (Å²) in [6.07, 6.45) is 4.59. The minimum atomic E-state index is -0.310. The molecule has 0 aliphatic carbocycles. The number of thiazole rings is 1. The van der Waals surface area contributed by atoms with Crippen LogP contribution in [0.2, 0.25) is 0 Å². The van der Waals surface area contributed by atoms with Crippen LogP contribution in [0.4, 0.5) is 9.93 Å². The zero-order chi connectivity index (χ0) is 15.5. The molecule has 2 N–H and O–H groups in total. The highest BCUT2D eigenvalue weighted by molar-refractivity contribution is 7.13. The van der Waals surface area contributed by atoms with Gasteiger partial charge in [-0.15, -0.1) is 11.3 Å². The Balaban J connectivity index is 2.27. The van der Waals surface area contributed by atoms with Gasteiger partial charge in [0, 0.05) is 11.9 Å². The fraction of sp³-hybridized carbons (Fsp3) is 0.643. The first-order valence-electron chi connectivity index (χ1n) is 7.30. The summed E-state index contributed by atoms with van der Waals surface area (Å²) in [5.41, 5.74) is 0.608. The summed E-state index contributed by atoms with van der Waals surface area (Å²) < 4.78 is 4.85. The summed E-state index contributed by atoms with van der Waals surface area (Å²) in [4.78, 5) is 27.1. The fourth-order valence-electron chi connectivity index (χ4n) is 1.70. The molecule has 0 aliphatic rings. The lowest BCUT2D eigenvalue weighted by molar-refractivity contribution is -0.142. The highest BCUT2D eigenvalue weighted by Crippen LogP contribution is 2.15. The van der Waals surface area contributed by atoms with Crippen molar-refractivity contribution in [1.29, 1.82) is 0 Å². The first kappa shape index (κ1) is 17.4. The number of rotatable bonds is 9. The van der Waals surface area contributed by atoms with Crippen LogP contribution in [-0.2, 0) is 16.0 Å². The second kappa shape index (κ2) is 10.1. The van der Waals surface area contributed by atoms with Crippen molar-refractivity contribution in [3.8, 4) is 0 Å². The Kier molecular flexibility index (Phi) is 8.42. The average Bonchev–Trinajstić information content (AvgIpc) is 2.85. The first-order chi connectivity index (χ1) is 10.2. The molecule has 6 nitrogen and oxygen atoms in total. The van der Waals surface area contributed by atoms with Crippen molar-refractivity contribution in [2.24, 2.45) is 0 Å². The topological polar surface area (TPSA) is 80.3 Å². The Bertz CT molecular complexity index is 448. The third-order valence-corrected chi connectivity index (χ3v) is 3.53. The molecule has 1 aromatic heterocycles. The number of hydrogen-bond acceptors (Lipinski definition) is 5. The number of nitrogens with zero attached hydrogens (tertiary/aromatic N) is 1. The molecule has 1 rings (SSSR count). The van der Waals surface area contributed by atoms with Crippen LogP contribution in [0.15, 0.2) is 5.38 Å². The van der Waals surface area contributed by atoms with Gasteiger partial charge in [0.05, 0.1) is 18.7 Å². The van der Waals surface area contributed by atoms with Crippen molar-refractivity contribution >= 4 is 28.5 Å². The molecule has 1 heterocycles. The summed E-state index contributed by atoms with van der Waals surface area (Å²) in [5.74, 6) is -0.310. The first-order valence-corrected chi connectivity index (χ1v) is 8.18. The van der Waals surface area contributed by atoms with Gasteiger partial charge in [0.1, 0.15) is 0 Å². The Hall–Kier alpha value is -1.63. The average molecular weight is 313 g/mol. The van der Waals surface area contributed by atoms with E-state index in [2.05, 4.69) is 22.5 Å². The number of amides is 2. The molecule has 2 amide bonds. The van der Waals surface area contributed by atoms with Gasteiger partial charge in [0.15, 0.2) is 5.13 Å². The van der Waals surface area contributed by atoms with Gasteiger partial charge in [-0.2, -0.15) is 0 Å². The number of nitrogens with one attached hydrogen (secondary N) is 2. The lowest BCUT2D eigenvalue weighted by Crippen LogP contribution is -2.29. The second-order valence-corrected chi connectivity index (χ2v) is 5.43. The standard InChI is InChI=1S/C14H23N3O3S/c1-3-5-6-7-8-15-13(19)17-14-16-11(10-21-14)9-12(18)20-4-2/h10H,3-9H2,1-2H3,(H2,15,16,17,19). The second-order valence-electron chi connectivity index (χ2n) is 4.57. The molecule has 0 atom stereocenters. The smallest absolute Gasteiger partial charge is 0.321 e. The minimum Gasteiger partial charge on any atom is -0.466 e. The van der Waals surface area contributed by atoms with E-state index in [0.717, 1.165) is 12.8 Å². The number of unbranched alkanes of at least 4 members (excludes halogenated alkanes) is 3. The molecular formula is C14H23N3O3S. The van der Waals surface area contributed by atoms with Crippen molar-refractivity contribution in [2.45, 2.75) is 46.0 Å².